The van der Waals surface area contributed by atoms with Crippen molar-refractivity contribution >= 4 is 11.7 Å². The SMILES string of the molecule is COc1ccc(NC(=O)N(C)C[C@H](O)COCCOC(C)C)cc1OC. The monoisotopic (exact) mass is 370 g/mol. The summed E-state index contributed by atoms with van der Waals surface area (Å²) in [5.41, 5.74) is 0.566. The average molecular weight is 370 g/mol. The standard InChI is InChI=1S/C18H30N2O6/c1-13(2)26-9-8-25-12-15(21)11-20(3)18(22)19-14-6-7-16(23-4)17(10-14)24-5/h6-7,10,13,15,21H,8-9,11-12H2,1-5H3,(H,19,22)/t15-/m0/s1. The summed E-state index contributed by atoms with van der Waals surface area (Å²) in [5.74, 6) is 1.10. The summed E-state index contributed by atoms with van der Waals surface area (Å²) in [7, 11) is 4.67. The molecule has 1 rings (SSSR count). The second-order valence-electron chi connectivity index (χ2n) is 6.03. The molecule has 0 bridgehead atoms. The molecule has 0 fully saturated rings. The quantitative estimate of drug-likeness (QED) is 0.579. The molecule has 0 aliphatic rings. The van der Waals surface area contributed by atoms with Gasteiger partial charge in [0.1, 0.15) is 0 Å². The highest BCUT2D eigenvalue weighted by molar-refractivity contribution is 5.89. The number of aliphatic hydroxyl groups excluding tert-OH is 1. The number of urea groups is 1. The molecule has 0 heterocycles. The normalized spacial score (nSPS) is 12.0. The van der Waals surface area contributed by atoms with Gasteiger partial charge in [-0.05, 0) is 26.0 Å². The van der Waals surface area contributed by atoms with Gasteiger partial charge in [0, 0.05) is 18.8 Å². The fourth-order valence-corrected chi connectivity index (χ4v) is 2.15. The van der Waals surface area contributed by atoms with Crippen molar-refractivity contribution < 1.29 is 28.8 Å². The van der Waals surface area contributed by atoms with Crippen LogP contribution >= 0.6 is 0 Å². The van der Waals surface area contributed by atoms with E-state index in [1.54, 1.807) is 32.4 Å². The number of methoxy groups -OCH3 is 2. The van der Waals surface area contributed by atoms with Crippen LogP contribution in [0.1, 0.15) is 13.8 Å². The molecule has 0 saturated carbocycles. The van der Waals surface area contributed by atoms with E-state index < -0.39 is 6.10 Å². The van der Waals surface area contributed by atoms with Crippen molar-refractivity contribution in [2.24, 2.45) is 0 Å². The van der Waals surface area contributed by atoms with E-state index in [1.165, 1.54) is 12.0 Å². The van der Waals surface area contributed by atoms with Gasteiger partial charge in [0.25, 0.3) is 0 Å². The summed E-state index contributed by atoms with van der Waals surface area (Å²) in [6.45, 7) is 5.04. The highest BCUT2D eigenvalue weighted by atomic mass is 16.5. The van der Waals surface area contributed by atoms with Crippen molar-refractivity contribution in [3.05, 3.63) is 18.2 Å². The Hall–Kier alpha value is -2.03. The van der Waals surface area contributed by atoms with Crippen LogP contribution in [0.15, 0.2) is 18.2 Å². The van der Waals surface area contributed by atoms with E-state index in [9.17, 15) is 9.90 Å². The lowest BCUT2D eigenvalue weighted by Crippen LogP contribution is -2.39. The van der Waals surface area contributed by atoms with E-state index in [0.717, 1.165) is 0 Å². The molecule has 1 aromatic rings. The van der Waals surface area contributed by atoms with Crippen LogP contribution in [-0.2, 0) is 9.47 Å². The zero-order chi connectivity index (χ0) is 19.5. The van der Waals surface area contributed by atoms with Crippen LogP contribution in [0.3, 0.4) is 0 Å². The lowest BCUT2D eigenvalue weighted by molar-refractivity contribution is -0.0144. The van der Waals surface area contributed by atoms with Crippen LogP contribution in [0.2, 0.25) is 0 Å². The summed E-state index contributed by atoms with van der Waals surface area (Å²) in [6.07, 6.45) is -0.634. The maximum atomic E-state index is 12.2. The highest BCUT2D eigenvalue weighted by Crippen LogP contribution is 2.29. The lowest BCUT2D eigenvalue weighted by atomic mass is 10.2. The van der Waals surface area contributed by atoms with Gasteiger partial charge < -0.3 is 34.3 Å². The van der Waals surface area contributed by atoms with Gasteiger partial charge in [0.2, 0.25) is 0 Å². The van der Waals surface area contributed by atoms with Crippen LogP contribution in [0, 0.1) is 0 Å². The summed E-state index contributed by atoms with van der Waals surface area (Å²) in [4.78, 5) is 13.6. The van der Waals surface area contributed by atoms with Gasteiger partial charge in [0.15, 0.2) is 11.5 Å². The van der Waals surface area contributed by atoms with E-state index in [4.69, 9.17) is 18.9 Å². The third kappa shape index (κ3) is 7.90. The number of benzene rings is 1. The van der Waals surface area contributed by atoms with Crippen LogP contribution in [0.4, 0.5) is 10.5 Å². The minimum atomic E-state index is -0.782. The Morgan fingerprint density at radius 3 is 2.50 bits per heavy atom. The maximum Gasteiger partial charge on any atom is 0.321 e. The smallest absolute Gasteiger partial charge is 0.321 e. The fourth-order valence-electron chi connectivity index (χ4n) is 2.15. The molecule has 8 heteroatoms. The number of nitrogens with one attached hydrogen (secondary N) is 1. The lowest BCUT2D eigenvalue weighted by Gasteiger charge is -2.21. The zero-order valence-electron chi connectivity index (χ0n) is 16.2. The Morgan fingerprint density at radius 1 is 1.19 bits per heavy atom. The van der Waals surface area contributed by atoms with Crippen molar-refractivity contribution in [1.29, 1.82) is 0 Å². The third-order valence-electron chi connectivity index (χ3n) is 3.46. The predicted octanol–water partition coefficient (Wildman–Crippen LogP) is 1.97. The predicted molar refractivity (Wildman–Crippen MR) is 99.1 cm³/mol. The number of likely N-dealkylation sites (N-methyl/N-ethyl adjacent to an activating group) is 1. The van der Waals surface area contributed by atoms with E-state index in [1.807, 2.05) is 13.8 Å². The van der Waals surface area contributed by atoms with Gasteiger partial charge in [-0.2, -0.15) is 0 Å². The average Bonchev–Trinajstić information content (AvgIpc) is 2.60. The summed E-state index contributed by atoms with van der Waals surface area (Å²) in [5, 5.41) is 12.7. The first-order valence-corrected chi connectivity index (χ1v) is 8.49. The van der Waals surface area contributed by atoms with E-state index in [0.29, 0.717) is 30.4 Å². The molecule has 8 nitrogen and oxygen atoms in total. The van der Waals surface area contributed by atoms with Gasteiger partial charge in [0.05, 0.1) is 52.8 Å². The number of carbonyl (C=O) groups is 1. The molecule has 0 spiro atoms. The van der Waals surface area contributed by atoms with Crippen LogP contribution in [0.25, 0.3) is 0 Å². The molecule has 2 amide bonds. The first-order valence-electron chi connectivity index (χ1n) is 8.49. The number of nitrogens with zero attached hydrogens (tertiary/aromatic N) is 1. The highest BCUT2D eigenvalue weighted by Gasteiger charge is 2.15. The molecule has 26 heavy (non-hydrogen) atoms. The molecule has 1 aromatic carbocycles. The first kappa shape index (κ1) is 22.0. The van der Waals surface area contributed by atoms with Crippen LogP contribution in [0.5, 0.6) is 11.5 Å². The number of anilines is 1. The number of hydrogen-bond donors (Lipinski definition) is 2. The molecular formula is C18H30N2O6. The van der Waals surface area contributed by atoms with Crippen LogP contribution in [-0.4, -0.2) is 75.9 Å². The Bertz CT molecular complexity index is 552. The van der Waals surface area contributed by atoms with Gasteiger partial charge in [-0.1, -0.05) is 0 Å². The Balaban J connectivity index is 2.40. The van der Waals surface area contributed by atoms with Gasteiger partial charge in [-0.3, -0.25) is 0 Å². The van der Waals surface area contributed by atoms with Crippen LogP contribution < -0.4 is 14.8 Å². The Labute approximate surface area is 155 Å². The van der Waals surface area contributed by atoms with E-state index in [-0.39, 0.29) is 25.3 Å². The number of aliphatic hydroxyl groups is 1. The second-order valence-corrected chi connectivity index (χ2v) is 6.03. The third-order valence-corrected chi connectivity index (χ3v) is 3.46. The molecular weight excluding hydrogens is 340 g/mol. The number of carbonyl (C=O) groups excluding carboxylic acids is 1. The van der Waals surface area contributed by atoms with Crippen molar-refractivity contribution in [2.45, 2.75) is 26.1 Å². The minimum Gasteiger partial charge on any atom is -0.493 e. The van der Waals surface area contributed by atoms with E-state index in [2.05, 4.69) is 5.32 Å². The maximum absolute atomic E-state index is 12.2. The molecule has 0 aliphatic heterocycles. The minimum absolute atomic E-state index is 0.134. The fraction of sp³-hybridized carbons (Fsp3) is 0.611. The molecule has 0 radical (unpaired) electrons. The second kappa shape index (κ2) is 11.6. The van der Waals surface area contributed by atoms with Crippen molar-refractivity contribution in [3.63, 3.8) is 0 Å². The van der Waals surface area contributed by atoms with Gasteiger partial charge >= 0.3 is 6.03 Å². The summed E-state index contributed by atoms with van der Waals surface area (Å²) in [6, 6.07) is 4.73. The first-order chi connectivity index (χ1) is 12.4. The van der Waals surface area contributed by atoms with Gasteiger partial charge in [-0.25, -0.2) is 4.79 Å². The number of ether oxygens (including phenoxy) is 4. The number of amides is 2. The summed E-state index contributed by atoms with van der Waals surface area (Å²) < 4.78 is 21.0. The van der Waals surface area contributed by atoms with Gasteiger partial charge in [-0.15, -0.1) is 0 Å². The van der Waals surface area contributed by atoms with Crippen molar-refractivity contribution in [3.8, 4) is 11.5 Å². The largest absolute Gasteiger partial charge is 0.493 e. The van der Waals surface area contributed by atoms with E-state index >= 15 is 0 Å². The molecule has 0 aromatic heterocycles. The zero-order valence-corrected chi connectivity index (χ0v) is 16.2. The molecule has 148 valence electrons. The summed E-state index contributed by atoms with van der Waals surface area (Å²) >= 11 is 0. The van der Waals surface area contributed by atoms with Crippen molar-refractivity contribution in [2.75, 3.05) is 52.9 Å². The molecule has 0 unspecified atom stereocenters. The van der Waals surface area contributed by atoms with Crippen molar-refractivity contribution in [1.82, 2.24) is 4.90 Å². The molecule has 1 atom stereocenters. The number of hydrogen-bond acceptors (Lipinski definition) is 6. The molecule has 2 N–H and O–H groups in total. The molecule has 0 aliphatic carbocycles. The molecule has 0 saturated heterocycles. The Kier molecular flexibility index (Phi) is 9.79. The topological polar surface area (TPSA) is 89.5 Å². The number of rotatable bonds is 11. The Morgan fingerprint density at radius 2 is 1.88 bits per heavy atom.